The number of nitrogens with one attached hydrogen (secondary N) is 1. The molecule has 0 unspecified atom stereocenters. The molecule has 0 atom stereocenters. The van der Waals surface area contributed by atoms with Gasteiger partial charge in [0.05, 0.1) is 18.1 Å². The van der Waals surface area contributed by atoms with E-state index in [1.807, 2.05) is 0 Å². The fourth-order valence-electron chi connectivity index (χ4n) is 0.981. The molecule has 0 aliphatic carbocycles. The Kier molecular flexibility index (Phi) is 3.53. The van der Waals surface area contributed by atoms with E-state index < -0.39 is 0 Å². The first-order chi connectivity index (χ1) is 7.74. The molecule has 2 aromatic rings. The second kappa shape index (κ2) is 5.09. The van der Waals surface area contributed by atoms with E-state index in [0.717, 1.165) is 5.69 Å². The van der Waals surface area contributed by atoms with Crippen molar-refractivity contribution in [2.24, 2.45) is 0 Å². The summed E-state index contributed by atoms with van der Waals surface area (Å²) in [5, 5.41) is 0.921. The third kappa shape index (κ3) is 3.04. The summed E-state index contributed by atoms with van der Waals surface area (Å²) in [6.45, 7) is 0. The Hall–Kier alpha value is -1.40. The average molecular weight is 255 g/mol. The van der Waals surface area contributed by atoms with Crippen molar-refractivity contribution in [1.82, 2.24) is 19.9 Å². The van der Waals surface area contributed by atoms with Gasteiger partial charge in [0.15, 0.2) is 5.16 Å². The van der Waals surface area contributed by atoms with Gasteiger partial charge in [0, 0.05) is 18.0 Å². The van der Waals surface area contributed by atoms with Gasteiger partial charge < -0.3 is 4.98 Å². The van der Waals surface area contributed by atoms with Crippen LogP contribution in [0.2, 0.25) is 5.15 Å². The fourth-order valence-corrected chi connectivity index (χ4v) is 1.82. The first-order valence-electron chi connectivity index (χ1n) is 4.38. The minimum atomic E-state index is -0.167. The van der Waals surface area contributed by atoms with Crippen LogP contribution >= 0.6 is 23.4 Å². The minimum absolute atomic E-state index is 0.167. The number of hydrogen-bond acceptors (Lipinski definition) is 5. The molecule has 82 valence electrons. The molecule has 0 aromatic carbocycles. The highest BCUT2D eigenvalue weighted by Crippen LogP contribution is 2.16. The highest BCUT2D eigenvalue weighted by atomic mass is 35.5. The number of thioether (sulfide) groups is 1. The zero-order valence-electron chi connectivity index (χ0n) is 8.05. The zero-order chi connectivity index (χ0) is 11.4. The summed E-state index contributed by atoms with van der Waals surface area (Å²) < 4.78 is 0. The molecule has 16 heavy (non-hydrogen) atoms. The molecule has 7 heteroatoms. The summed E-state index contributed by atoms with van der Waals surface area (Å²) in [5.74, 6) is 0.580. The van der Waals surface area contributed by atoms with Crippen molar-refractivity contribution in [2.45, 2.75) is 10.9 Å². The van der Waals surface area contributed by atoms with Crippen LogP contribution in [0.15, 0.2) is 34.6 Å². The van der Waals surface area contributed by atoms with Crippen LogP contribution in [0.4, 0.5) is 0 Å². The molecule has 2 heterocycles. The van der Waals surface area contributed by atoms with Gasteiger partial charge in [0.25, 0.3) is 5.56 Å². The molecule has 0 bridgehead atoms. The highest BCUT2D eigenvalue weighted by Gasteiger charge is 2.00. The molecule has 2 rings (SSSR count). The summed E-state index contributed by atoms with van der Waals surface area (Å²) in [4.78, 5) is 25.6. The molecule has 0 spiro atoms. The van der Waals surface area contributed by atoms with Gasteiger partial charge in [-0.2, -0.15) is 0 Å². The summed E-state index contributed by atoms with van der Waals surface area (Å²) in [5.41, 5.74) is 0.612. The number of rotatable bonds is 3. The standard InChI is InChI=1S/C9H7ClN4OS/c10-7-4-12-6(3-13-7)5-16-9-11-2-1-8(15)14-9/h1-4H,5H2,(H,11,14,15). The van der Waals surface area contributed by atoms with Crippen LogP contribution in [0.3, 0.4) is 0 Å². The average Bonchev–Trinajstić information content (AvgIpc) is 2.28. The van der Waals surface area contributed by atoms with Crippen LogP contribution in [-0.2, 0) is 5.75 Å². The van der Waals surface area contributed by atoms with Gasteiger partial charge in [-0.25, -0.2) is 9.97 Å². The van der Waals surface area contributed by atoms with Gasteiger partial charge in [-0.3, -0.25) is 9.78 Å². The maximum Gasteiger partial charge on any atom is 0.251 e. The van der Waals surface area contributed by atoms with Crippen LogP contribution in [0.1, 0.15) is 5.69 Å². The zero-order valence-corrected chi connectivity index (χ0v) is 9.63. The van der Waals surface area contributed by atoms with Crippen molar-refractivity contribution in [3.05, 3.63) is 45.9 Å². The largest absolute Gasteiger partial charge is 0.301 e. The van der Waals surface area contributed by atoms with Crippen molar-refractivity contribution in [2.75, 3.05) is 0 Å². The van der Waals surface area contributed by atoms with Crippen molar-refractivity contribution >= 4 is 23.4 Å². The Bertz CT molecular complexity index is 528. The topological polar surface area (TPSA) is 71.5 Å². The SMILES string of the molecule is O=c1ccnc(SCc2cnc(Cl)cn2)[nH]1. The van der Waals surface area contributed by atoms with E-state index in [0.29, 0.717) is 16.1 Å². The van der Waals surface area contributed by atoms with E-state index in [1.165, 1.54) is 30.2 Å². The molecule has 0 saturated carbocycles. The molecule has 0 fully saturated rings. The number of aromatic nitrogens is 4. The van der Waals surface area contributed by atoms with Gasteiger partial charge in [0.1, 0.15) is 5.15 Å². The lowest BCUT2D eigenvalue weighted by molar-refractivity contribution is 0.934. The van der Waals surface area contributed by atoms with Crippen LogP contribution in [0.25, 0.3) is 0 Å². The second-order valence-electron chi connectivity index (χ2n) is 2.86. The third-order valence-corrected chi connectivity index (χ3v) is 2.79. The molecule has 0 aliphatic rings. The van der Waals surface area contributed by atoms with Crippen molar-refractivity contribution in [3.63, 3.8) is 0 Å². The van der Waals surface area contributed by atoms with E-state index in [9.17, 15) is 4.79 Å². The quantitative estimate of drug-likeness (QED) is 0.664. The van der Waals surface area contributed by atoms with Crippen LogP contribution < -0.4 is 5.56 Å². The molecular formula is C9H7ClN4OS. The number of nitrogens with zero attached hydrogens (tertiary/aromatic N) is 3. The Morgan fingerprint density at radius 1 is 1.31 bits per heavy atom. The summed E-state index contributed by atoms with van der Waals surface area (Å²) >= 11 is 6.99. The molecule has 0 amide bonds. The first-order valence-corrected chi connectivity index (χ1v) is 5.75. The van der Waals surface area contributed by atoms with Crippen LogP contribution in [0.5, 0.6) is 0 Å². The lowest BCUT2D eigenvalue weighted by atomic mass is 10.5. The lowest BCUT2D eigenvalue weighted by Gasteiger charge is -1.99. The number of H-pyrrole nitrogens is 1. The number of aromatic amines is 1. The van der Waals surface area contributed by atoms with E-state index in [1.54, 1.807) is 6.20 Å². The Balaban J connectivity index is 2.02. The van der Waals surface area contributed by atoms with E-state index in [4.69, 9.17) is 11.6 Å². The van der Waals surface area contributed by atoms with Crippen molar-refractivity contribution in [3.8, 4) is 0 Å². The van der Waals surface area contributed by atoms with Gasteiger partial charge in [-0.15, -0.1) is 0 Å². The van der Waals surface area contributed by atoms with Gasteiger partial charge in [-0.05, 0) is 0 Å². The maximum atomic E-state index is 11.0. The summed E-state index contributed by atoms with van der Waals surface area (Å²) in [7, 11) is 0. The predicted molar refractivity (Wildman–Crippen MR) is 61.5 cm³/mol. The van der Waals surface area contributed by atoms with E-state index in [2.05, 4.69) is 19.9 Å². The van der Waals surface area contributed by atoms with Gasteiger partial charge >= 0.3 is 0 Å². The van der Waals surface area contributed by atoms with E-state index in [-0.39, 0.29) is 5.56 Å². The normalized spacial score (nSPS) is 10.3. The molecule has 0 aliphatic heterocycles. The lowest BCUT2D eigenvalue weighted by Crippen LogP contribution is -2.05. The van der Waals surface area contributed by atoms with Crippen LogP contribution in [0, 0.1) is 0 Å². The third-order valence-electron chi connectivity index (χ3n) is 1.68. The van der Waals surface area contributed by atoms with Gasteiger partial charge in [0.2, 0.25) is 0 Å². The highest BCUT2D eigenvalue weighted by molar-refractivity contribution is 7.98. The minimum Gasteiger partial charge on any atom is -0.301 e. The summed E-state index contributed by atoms with van der Waals surface area (Å²) in [6, 6.07) is 1.37. The summed E-state index contributed by atoms with van der Waals surface area (Å²) in [6.07, 6.45) is 4.55. The second-order valence-corrected chi connectivity index (χ2v) is 4.21. The van der Waals surface area contributed by atoms with Crippen molar-refractivity contribution < 1.29 is 0 Å². The van der Waals surface area contributed by atoms with Gasteiger partial charge in [-0.1, -0.05) is 23.4 Å². The Labute approximate surface area is 100 Å². The fraction of sp³-hybridized carbons (Fsp3) is 0.111. The Morgan fingerprint density at radius 2 is 2.19 bits per heavy atom. The molecule has 2 aromatic heterocycles. The molecule has 0 radical (unpaired) electrons. The number of hydrogen-bond donors (Lipinski definition) is 1. The van der Waals surface area contributed by atoms with Crippen molar-refractivity contribution in [1.29, 1.82) is 0 Å². The number of halogens is 1. The first kappa shape index (κ1) is 11.1. The Morgan fingerprint density at radius 3 is 2.88 bits per heavy atom. The van der Waals surface area contributed by atoms with E-state index >= 15 is 0 Å². The predicted octanol–water partition coefficient (Wildman–Crippen LogP) is 1.51. The molecular weight excluding hydrogens is 248 g/mol. The molecule has 0 saturated heterocycles. The maximum absolute atomic E-state index is 11.0. The van der Waals surface area contributed by atoms with Crippen LogP contribution in [-0.4, -0.2) is 19.9 Å². The molecule has 5 nitrogen and oxygen atoms in total. The molecule has 1 N–H and O–H groups in total. The monoisotopic (exact) mass is 254 g/mol. The smallest absolute Gasteiger partial charge is 0.251 e.